The number of hydrogen-bond acceptors (Lipinski definition) is 7. The maximum atomic E-state index is 11.0. The van der Waals surface area contributed by atoms with Gasteiger partial charge in [-0.25, -0.2) is 4.98 Å². The van der Waals surface area contributed by atoms with Gasteiger partial charge in [-0.15, -0.1) is 0 Å². The molecule has 3 aromatic carbocycles. The number of phenolic OH excluding ortho intramolecular Hbond substituents is 1. The Morgan fingerprint density at radius 3 is 2.71 bits per heavy atom. The average molecular weight is 438 g/mol. The van der Waals surface area contributed by atoms with Crippen molar-refractivity contribution < 1.29 is 19.2 Å². The van der Waals surface area contributed by atoms with Crippen LogP contribution in [-0.2, 0) is 0 Å². The van der Waals surface area contributed by atoms with Gasteiger partial charge in [0.25, 0.3) is 0 Å². The van der Waals surface area contributed by atoms with E-state index in [1.165, 1.54) is 12.3 Å². The molecule has 1 N–H and O–H groups in total. The van der Waals surface area contributed by atoms with Crippen molar-refractivity contribution in [2.75, 3.05) is 6.61 Å². The molecule has 0 saturated heterocycles. The maximum Gasteiger partial charge on any atom is 0.312 e. The number of aromatic hydroxyl groups is 1. The van der Waals surface area contributed by atoms with Crippen LogP contribution in [0.25, 0.3) is 22.6 Å². The lowest BCUT2D eigenvalue weighted by atomic mass is 10.2. The summed E-state index contributed by atoms with van der Waals surface area (Å²) >= 11 is 5.91. The average Bonchev–Trinajstić information content (AvgIpc) is 3.18. The first-order valence-electron chi connectivity index (χ1n) is 9.29. The van der Waals surface area contributed by atoms with E-state index >= 15 is 0 Å². The number of hydrogen-bond donors (Lipinski definition) is 1. The molecule has 0 unspecified atom stereocenters. The summed E-state index contributed by atoms with van der Waals surface area (Å²) in [5.74, 6) is 0.726. The van der Waals surface area contributed by atoms with Gasteiger partial charge < -0.3 is 14.3 Å². The lowest BCUT2D eigenvalue weighted by Crippen LogP contribution is -1.92. The number of fused-ring (bicyclic) bond motifs is 1. The molecule has 4 rings (SSSR count). The monoisotopic (exact) mass is 437 g/mol. The second-order valence-electron chi connectivity index (χ2n) is 6.51. The topological polar surface area (TPSA) is 111 Å². The molecule has 31 heavy (non-hydrogen) atoms. The van der Waals surface area contributed by atoms with Crippen molar-refractivity contribution >= 4 is 40.3 Å². The van der Waals surface area contributed by atoms with Gasteiger partial charge in [0, 0.05) is 28.4 Å². The van der Waals surface area contributed by atoms with Crippen LogP contribution in [0.4, 0.5) is 11.4 Å². The number of ether oxygens (including phenoxy) is 1. The molecule has 0 fully saturated rings. The van der Waals surface area contributed by atoms with Crippen molar-refractivity contribution in [1.29, 1.82) is 0 Å². The van der Waals surface area contributed by atoms with Crippen LogP contribution in [0, 0.1) is 10.1 Å². The number of nitro groups is 1. The second-order valence-corrected chi connectivity index (χ2v) is 6.94. The van der Waals surface area contributed by atoms with Crippen LogP contribution in [-0.4, -0.2) is 27.8 Å². The fourth-order valence-corrected chi connectivity index (χ4v) is 3.19. The van der Waals surface area contributed by atoms with E-state index < -0.39 is 16.4 Å². The Morgan fingerprint density at radius 1 is 1.23 bits per heavy atom. The van der Waals surface area contributed by atoms with Crippen LogP contribution in [0.15, 0.2) is 64.0 Å². The molecule has 4 aromatic rings. The molecule has 0 atom stereocenters. The van der Waals surface area contributed by atoms with Crippen LogP contribution in [0.1, 0.15) is 12.5 Å². The highest BCUT2D eigenvalue weighted by Crippen LogP contribution is 2.33. The van der Waals surface area contributed by atoms with E-state index in [2.05, 4.69) is 9.98 Å². The number of nitro benzene ring substituents is 1. The Kier molecular flexibility index (Phi) is 5.55. The molecular weight excluding hydrogens is 422 g/mol. The van der Waals surface area contributed by atoms with Crippen molar-refractivity contribution in [1.82, 2.24) is 4.98 Å². The molecule has 0 radical (unpaired) electrons. The summed E-state index contributed by atoms with van der Waals surface area (Å²) in [5, 5.41) is 21.2. The number of benzene rings is 3. The number of oxazole rings is 1. The van der Waals surface area contributed by atoms with Crippen LogP contribution >= 0.6 is 11.6 Å². The number of nitrogens with zero attached hydrogens (tertiary/aromatic N) is 3. The molecule has 0 amide bonds. The molecule has 0 bridgehead atoms. The fraction of sp³-hybridized carbons (Fsp3) is 0.0909. The zero-order valence-electron chi connectivity index (χ0n) is 16.3. The van der Waals surface area contributed by atoms with Gasteiger partial charge in [0.15, 0.2) is 5.58 Å². The van der Waals surface area contributed by atoms with Gasteiger partial charge in [-0.3, -0.25) is 15.1 Å². The molecule has 1 aromatic heterocycles. The quantitative estimate of drug-likeness (QED) is 0.228. The van der Waals surface area contributed by atoms with Gasteiger partial charge in [-0.2, -0.15) is 0 Å². The Bertz CT molecular complexity index is 1300. The van der Waals surface area contributed by atoms with Crippen LogP contribution in [0.2, 0.25) is 5.02 Å². The molecule has 0 aliphatic rings. The lowest BCUT2D eigenvalue weighted by Gasteiger charge is -2.02. The zero-order valence-corrected chi connectivity index (χ0v) is 17.0. The molecule has 0 aliphatic heterocycles. The van der Waals surface area contributed by atoms with E-state index in [0.717, 1.165) is 17.4 Å². The van der Waals surface area contributed by atoms with Crippen molar-refractivity contribution in [2.24, 2.45) is 4.99 Å². The van der Waals surface area contributed by atoms with Gasteiger partial charge in [-0.1, -0.05) is 11.6 Å². The number of rotatable bonds is 6. The zero-order chi connectivity index (χ0) is 22.0. The van der Waals surface area contributed by atoms with Crippen LogP contribution in [0.5, 0.6) is 11.5 Å². The van der Waals surface area contributed by atoms with E-state index in [1.54, 1.807) is 18.2 Å². The van der Waals surface area contributed by atoms with Crippen molar-refractivity contribution in [3.8, 4) is 23.0 Å². The molecule has 156 valence electrons. The largest absolute Gasteiger partial charge is 0.502 e. The Morgan fingerprint density at radius 2 is 2.00 bits per heavy atom. The first-order chi connectivity index (χ1) is 14.9. The van der Waals surface area contributed by atoms with Crippen LogP contribution < -0.4 is 4.74 Å². The standard InChI is InChI=1S/C22H16ClN3O5/c1-2-30-17-6-3-13(4-7-17)22-25-18-11-16(5-8-20(18)31-22)24-12-14-9-15(23)10-19(21(14)27)26(28)29/h3-12,27H,2H2,1H3. The maximum absolute atomic E-state index is 11.0. The van der Waals surface area contributed by atoms with E-state index in [4.69, 9.17) is 20.8 Å². The van der Waals surface area contributed by atoms with Crippen molar-refractivity contribution in [3.05, 3.63) is 75.3 Å². The highest BCUT2D eigenvalue weighted by Gasteiger charge is 2.17. The molecule has 0 spiro atoms. The summed E-state index contributed by atoms with van der Waals surface area (Å²) in [6.45, 7) is 2.51. The number of phenols is 1. The molecule has 8 nitrogen and oxygen atoms in total. The fourth-order valence-electron chi connectivity index (χ4n) is 2.97. The predicted molar refractivity (Wildman–Crippen MR) is 118 cm³/mol. The number of halogens is 1. The molecular formula is C22H16ClN3O5. The second kappa shape index (κ2) is 8.45. The van der Waals surface area contributed by atoms with Crippen LogP contribution in [0.3, 0.4) is 0 Å². The van der Waals surface area contributed by atoms with Gasteiger partial charge in [-0.05, 0) is 55.5 Å². The summed E-state index contributed by atoms with van der Waals surface area (Å²) in [6, 6.07) is 15.1. The molecule has 9 heteroatoms. The van der Waals surface area contributed by atoms with Gasteiger partial charge >= 0.3 is 5.69 Å². The normalized spacial score (nSPS) is 11.3. The van der Waals surface area contributed by atoms with E-state index in [0.29, 0.717) is 29.3 Å². The highest BCUT2D eigenvalue weighted by molar-refractivity contribution is 6.31. The van der Waals surface area contributed by atoms with E-state index in [9.17, 15) is 15.2 Å². The SMILES string of the molecule is CCOc1ccc(-c2nc3cc(N=Cc4cc(Cl)cc([N+](=O)[O-])c4O)ccc3o2)cc1. The predicted octanol–water partition coefficient (Wildman–Crippen LogP) is 5.91. The Hall–Kier alpha value is -3.91. The van der Waals surface area contributed by atoms with Gasteiger partial charge in [0.1, 0.15) is 11.3 Å². The van der Waals surface area contributed by atoms with Crippen molar-refractivity contribution in [2.45, 2.75) is 6.92 Å². The lowest BCUT2D eigenvalue weighted by molar-refractivity contribution is -0.385. The Labute approximate surface area is 181 Å². The van der Waals surface area contributed by atoms with Crippen molar-refractivity contribution in [3.63, 3.8) is 0 Å². The van der Waals surface area contributed by atoms with E-state index in [-0.39, 0.29) is 10.6 Å². The molecule has 0 saturated carbocycles. The van der Waals surface area contributed by atoms with E-state index in [1.807, 2.05) is 31.2 Å². The molecule has 0 aliphatic carbocycles. The minimum atomic E-state index is -0.706. The summed E-state index contributed by atoms with van der Waals surface area (Å²) in [7, 11) is 0. The van der Waals surface area contributed by atoms with Gasteiger partial charge in [0.05, 0.1) is 17.2 Å². The third kappa shape index (κ3) is 4.34. The third-order valence-electron chi connectivity index (χ3n) is 4.42. The first-order valence-corrected chi connectivity index (χ1v) is 9.67. The molecule has 1 heterocycles. The summed E-state index contributed by atoms with van der Waals surface area (Å²) in [5.41, 5.74) is 2.17. The van der Waals surface area contributed by atoms with Gasteiger partial charge in [0.2, 0.25) is 11.6 Å². The minimum Gasteiger partial charge on any atom is -0.502 e. The number of aromatic nitrogens is 1. The summed E-state index contributed by atoms with van der Waals surface area (Å²) < 4.78 is 11.3. The third-order valence-corrected chi connectivity index (χ3v) is 4.64. The smallest absolute Gasteiger partial charge is 0.312 e. The summed E-state index contributed by atoms with van der Waals surface area (Å²) in [6.07, 6.45) is 1.31. The Balaban J connectivity index is 1.62. The first kappa shape index (κ1) is 20.4. The number of aliphatic imine (C=N–C) groups is 1. The summed E-state index contributed by atoms with van der Waals surface area (Å²) in [4.78, 5) is 19.1. The minimum absolute atomic E-state index is 0.123. The highest BCUT2D eigenvalue weighted by atomic mass is 35.5.